The van der Waals surface area contributed by atoms with Crippen LogP contribution in [0.3, 0.4) is 0 Å². The number of carbonyl (C=O) groups is 3. The molecule has 140 valence electrons. The van der Waals surface area contributed by atoms with Crippen LogP contribution in [0.15, 0.2) is 18.2 Å². The van der Waals surface area contributed by atoms with Gasteiger partial charge in [0, 0.05) is 11.2 Å². The minimum absolute atomic E-state index is 0.202. The summed E-state index contributed by atoms with van der Waals surface area (Å²) in [6, 6.07) is 3.61. The third kappa shape index (κ3) is 3.38. The van der Waals surface area contributed by atoms with E-state index in [1.807, 2.05) is 28.7 Å². The number of halogens is 1. The molecule has 0 aliphatic carbocycles. The average Bonchev–Trinajstić information content (AvgIpc) is 2.82. The Morgan fingerprint density at radius 3 is 2.69 bits per heavy atom. The van der Waals surface area contributed by atoms with Gasteiger partial charge in [-0.05, 0) is 60.6 Å². The average molecular weight is 488 g/mol. The van der Waals surface area contributed by atoms with Gasteiger partial charge in [-0.1, -0.05) is 6.07 Å². The number of aromatic hydroxyl groups is 1. The molecular weight excluding hydrogens is 469 g/mol. The number of carboxylic acids is 1. The van der Waals surface area contributed by atoms with Crippen LogP contribution in [0.4, 0.5) is 0 Å². The van der Waals surface area contributed by atoms with Gasteiger partial charge in [-0.3, -0.25) is 9.59 Å². The Bertz CT molecular complexity index is 784. The highest BCUT2D eigenvalue weighted by Gasteiger charge is 2.64. The highest BCUT2D eigenvalue weighted by Crippen LogP contribution is 2.50. The molecule has 2 aliphatic rings. The lowest BCUT2D eigenvalue weighted by Gasteiger charge is -2.43. The zero-order chi connectivity index (χ0) is 19.2. The Morgan fingerprint density at radius 1 is 1.38 bits per heavy atom. The molecule has 1 aromatic rings. The minimum atomic E-state index is -1.02. The van der Waals surface area contributed by atoms with E-state index in [0.717, 1.165) is 9.13 Å². The third-order valence-corrected chi connectivity index (χ3v) is 7.08. The summed E-state index contributed by atoms with van der Waals surface area (Å²) in [7, 11) is 0. The molecule has 7 nitrogen and oxygen atoms in total. The molecule has 2 aliphatic heterocycles. The number of amides is 2. The normalized spacial score (nSPS) is 26.2. The summed E-state index contributed by atoms with van der Waals surface area (Å²) in [5, 5.41) is 21.3. The van der Waals surface area contributed by atoms with Crippen molar-refractivity contribution in [2.24, 2.45) is 0 Å². The molecule has 2 amide bonds. The maximum atomic E-state index is 12.3. The van der Waals surface area contributed by atoms with E-state index in [2.05, 4.69) is 5.32 Å². The summed E-state index contributed by atoms with van der Waals surface area (Å²) >= 11 is 3.43. The molecule has 0 radical (unpaired) electrons. The first-order chi connectivity index (χ1) is 12.1. The number of nitrogens with one attached hydrogen (secondary N) is 1. The second-order valence-corrected chi connectivity index (χ2v) is 9.86. The zero-order valence-electron chi connectivity index (χ0n) is 14.2. The fourth-order valence-electron chi connectivity index (χ4n) is 3.35. The van der Waals surface area contributed by atoms with E-state index >= 15 is 0 Å². The number of β-lactam (4-membered cyclic amide) rings is 1. The SMILES string of the molecule is CC1(C)S[C@@H]2[C@H](NC(=O)CCc3ccc(O)c([125I])c3)C(=O)N2[C@H]1C(=O)O. The Labute approximate surface area is 168 Å². The molecule has 0 unspecified atom stereocenters. The summed E-state index contributed by atoms with van der Waals surface area (Å²) in [6.07, 6.45) is 0.710. The lowest BCUT2D eigenvalue weighted by atomic mass is 9.96. The monoisotopic (exact) mass is 488 g/mol. The Hall–Kier alpha value is -1.49. The number of hydrogen-bond acceptors (Lipinski definition) is 5. The van der Waals surface area contributed by atoms with Crippen molar-refractivity contribution < 1.29 is 24.6 Å². The molecule has 0 spiro atoms. The fourth-order valence-corrected chi connectivity index (χ4v) is 5.56. The van der Waals surface area contributed by atoms with Gasteiger partial charge in [0.15, 0.2) is 0 Å². The number of hydrogen-bond donors (Lipinski definition) is 3. The molecule has 0 aromatic heterocycles. The summed E-state index contributed by atoms with van der Waals surface area (Å²) in [5.74, 6) is -1.41. The van der Waals surface area contributed by atoms with Crippen LogP contribution >= 0.6 is 34.4 Å². The number of thioether (sulfide) groups is 1. The number of fused-ring (bicyclic) bond motifs is 1. The zero-order valence-corrected chi connectivity index (χ0v) is 17.2. The highest BCUT2D eigenvalue weighted by atomic mass is 125. The molecule has 2 saturated heterocycles. The lowest BCUT2D eigenvalue weighted by Crippen LogP contribution is -2.70. The maximum absolute atomic E-state index is 12.3. The second-order valence-electron chi connectivity index (χ2n) is 6.93. The first-order valence-electron chi connectivity index (χ1n) is 8.11. The molecule has 2 fully saturated rings. The van der Waals surface area contributed by atoms with E-state index in [0.29, 0.717) is 6.42 Å². The van der Waals surface area contributed by atoms with Gasteiger partial charge in [-0.25, -0.2) is 4.79 Å². The van der Waals surface area contributed by atoms with Gasteiger partial charge in [0.25, 0.3) is 0 Å². The molecule has 0 saturated carbocycles. The molecule has 9 heteroatoms. The van der Waals surface area contributed by atoms with Gasteiger partial charge in [0.1, 0.15) is 23.2 Å². The predicted octanol–water partition coefficient (Wildman–Crippen LogP) is 1.56. The molecule has 3 rings (SSSR count). The number of aryl methyl sites for hydroxylation is 1. The highest BCUT2D eigenvalue weighted by molar-refractivity contribution is 14.1. The lowest BCUT2D eigenvalue weighted by molar-refractivity contribution is -0.161. The number of nitrogens with zero attached hydrogens (tertiary/aromatic N) is 1. The van der Waals surface area contributed by atoms with Crippen molar-refractivity contribution in [2.75, 3.05) is 0 Å². The molecule has 26 heavy (non-hydrogen) atoms. The van der Waals surface area contributed by atoms with Gasteiger partial charge in [0.2, 0.25) is 11.8 Å². The van der Waals surface area contributed by atoms with E-state index in [1.165, 1.54) is 16.7 Å². The topological polar surface area (TPSA) is 107 Å². The largest absolute Gasteiger partial charge is 0.507 e. The van der Waals surface area contributed by atoms with Crippen LogP contribution in [0.1, 0.15) is 25.8 Å². The number of phenolic OH excluding ortho intramolecular Hbond substituents is 1. The van der Waals surface area contributed by atoms with E-state index in [-0.39, 0.29) is 29.4 Å². The fraction of sp³-hybridized carbons (Fsp3) is 0.471. The number of aliphatic carboxylic acids is 1. The Kier molecular flexibility index (Phi) is 5.13. The summed E-state index contributed by atoms with van der Waals surface area (Å²) in [6.45, 7) is 3.60. The van der Waals surface area contributed by atoms with Crippen LogP contribution in [0.25, 0.3) is 0 Å². The van der Waals surface area contributed by atoms with Crippen LogP contribution in [0, 0.1) is 3.57 Å². The van der Waals surface area contributed by atoms with Gasteiger partial charge in [0.05, 0.1) is 3.57 Å². The van der Waals surface area contributed by atoms with E-state index < -0.39 is 22.8 Å². The smallest absolute Gasteiger partial charge is 0.327 e. The van der Waals surface area contributed by atoms with Crippen molar-refractivity contribution in [1.82, 2.24) is 10.2 Å². The quantitative estimate of drug-likeness (QED) is 0.429. The first-order valence-corrected chi connectivity index (χ1v) is 10.1. The summed E-state index contributed by atoms with van der Waals surface area (Å²) in [5.41, 5.74) is 0.922. The number of rotatable bonds is 5. The van der Waals surface area contributed by atoms with Gasteiger partial charge < -0.3 is 20.4 Å². The molecule has 1 aromatic carbocycles. The van der Waals surface area contributed by atoms with Crippen molar-refractivity contribution in [3.05, 3.63) is 27.3 Å². The van der Waals surface area contributed by atoms with Gasteiger partial charge >= 0.3 is 5.97 Å². The van der Waals surface area contributed by atoms with E-state index in [9.17, 15) is 24.6 Å². The number of carboxylic acid groups (broad SMARTS) is 1. The van der Waals surface area contributed by atoms with Crippen LogP contribution in [0.2, 0.25) is 0 Å². The first kappa shape index (κ1) is 19.3. The Morgan fingerprint density at radius 2 is 2.08 bits per heavy atom. The maximum Gasteiger partial charge on any atom is 0.327 e. The van der Waals surface area contributed by atoms with Crippen molar-refractivity contribution in [1.29, 1.82) is 0 Å². The molecule has 3 N–H and O–H groups in total. The number of benzene rings is 1. The predicted molar refractivity (Wildman–Crippen MR) is 105 cm³/mol. The van der Waals surface area contributed by atoms with Crippen molar-refractivity contribution in [3.63, 3.8) is 0 Å². The van der Waals surface area contributed by atoms with Crippen molar-refractivity contribution >= 4 is 52.1 Å². The van der Waals surface area contributed by atoms with Crippen LogP contribution in [0.5, 0.6) is 5.75 Å². The van der Waals surface area contributed by atoms with E-state index in [4.69, 9.17) is 0 Å². The second kappa shape index (κ2) is 6.91. The molecule has 2 heterocycles. The molecular formula is C17H19IN2O5S. The third-order valence-electron chi connectivity index (χ3n) is 4.64. The number of phenols is 1. The van der Waals surface area contributed by atoms with Gasteiger partial charge in [-0.15, -0.1) is 11.8 Å². The Balaban J connectivity index is 1.58. The molecule has 0 bridgehead atoms. The number of carbonyl (C=O) groups excluding carboxylic acids is 2. The van der Waals surface area contributed by atoms with Crippen molar-refractivity contribution in [2.45, 2.75) is 48.9 Å². The summed E-state index contributed by atoms with van der Waals surface area (Å²) in [4.78, 5) is 37.4. The standard InChI is InChI=1S/C17H19IN2O5S/c1-17(2)13(16(24)25)20-14(23)12(15(20)26-17)19-11(22)6-4-8-3-5-10(21)9(18)7-8/h3,5,7,12-13,15,21H,4,6H2,1-2H3,(H,19,22)(H,24,25)/t12-,13+,15-/m1/s1/i18-2. The van der Waals surface area contributed by atoms with Gasteiger partial charge in [-0.2, -0.15) is 0 Å². The van der Waals surface area contributed by atoms with Crippen LogP contribution in [-0.2, 0) is 20.8 Å². The minimum Gasteiger partial charge on any atom is -0.507 e. The van der Waals surface area contributed by atoms with Crippen molar-refractivity contribution in [3.8, 4) is 5.75 Å². The van der Waals surface area contributed by atoms with Crippen LogP contribution < -0.4 is 5.32 Å². The summed E-state index contributed by atoms with van der Waals surface area (Å²) < 4.78 is 0.114. The van der Waals surface area contributed by atoms with Crippen LogP contribution in [-0.4, -0.2) is 55.1 Å². The van der Waals surface area contributed by atoms with E-state index in [1.54, 1.807) is 26.0 Å². The molecule has 3 atom stereocenters.